The van der Waals surface area contributed by atoms with Gasteiger partial charge >= 0.3 is 27.6 Å². The Morgan fingerprint density at radius 3 is 1.70 bits per heavy atom. The van der Waals surface area contributed by atoms with Crippen molar-refractivity contribution in [1.29, 1.82) is 0 Å². The van der Waals surface area contributed by atoms with E-state index in [1.807, 2.05) is 0 Å². The fourth-order valence-electron chi connectivity index (χ4n) is 6.83. The van der Waals surface area contributed by atoms with Crippen LogP contribution in [0.1, 0.15) is 201 Å². The molecule has 1 saturated heterocycles. The molecule has 0 saturated carbocycles. The van der Waals surface area contributed by atoms with Gasteiger partial charge < -0.3 is 34.0 Å². The molecule has 1 fully saturated rings. The summed E-state index contributed by atoms with van der Waals surface area (Å²) in [5.74, 6) is -0.232. The summed E-state index contributed by atoms with van der Waals surface area (Å²) in [6.07, 6.45) is 32.3. The van der Waals surface area contributed by atoms with Crippen LogP contribution in [-0.2, 0) is 46.5 Å². The summed E-state index contributed by atoms with van der Waals surface area (Å²) in [7, 11) is -9.68. The zero-order valence-corrected chi connectivity index (χ0v) is 39.2. The summed E-state index contributed by atoms with van der Waals surface area (Å²) in [5, 5.41) is 9.76. The van der Waals surface area contributed by atoms with Gasteiger partial charge in [-0.25, -0.2) is 9.13 Å². The van der Waals surface area contributed by atoms with E-state index in [1.165, 1.54) is 89.9 Å². The van der Waals surface area contributed by atoms with Crippen LogP contribution in [-0.4, -0.2) is 82.6 Å². The number of aliphatic hydroxyl groups excluding tert-OH is 1. The van der Waals surface area contributed by atoms with Crippen molar-refractivity contribution in [2.24, 2.45) is 5.92 Å². The van der Waals surface area contributed by atoms with Gasteiger partial charge in [-0.15, -0.1) is 0 Å². The number of epoxide rings is 1. The van der Waals surface area contributed by atoms with E-state index < -0.39 is 59.6 Å². The molecule has 1 rings (SSSR count). The van der Waals surface area contributed by atoms with Gasteiger partial charge in [0.15, 0.2) is 6.10 Å². The van der Waals surface area contributed by atoms with Crippen molar-refractivity contribution in [2.75, 3.05) is 26.4 Å². The summed E-state index contributed by atoms with van der Waals surface area (Å²) in [6.45, 7) is 4.07. The van der Waals surface area contributed by atoms with Crippen molar-refractivity contribution in [3.8, 4) is 0 Å². The highest BCUT2D eigenvalue weighted by Gasteiger charge is 2.36. The van der Waals surface area contributed by atoms with E-state index >= 15 is 0 Å². The average molecular weight is 899 g/mol. The lowest BCUT2D eigenvalue weighted by molar-refractivity contribution is -0.161. The van der Waals surface area contributed by atoms with Gasteiger partial charge in [-0.05, 0) is 44.4 Å². The summed E-state index contributed by atoms with van der Waals surface area (Å²) in [4.78, 5) is 52.8. The predicted octanol–water partition coefficient (Wildman–Crippen LogP) is 11.0. The van der Waals surface area contributed by atoms with Crippen molar-refractivity contribution in [1.82, 2.24) is 0 Å². The van der Waals surface area contributed by atoms with E-state index in [2.05, 4.69) is 37.4 Å². The molecule has 1 aliphatic heterocycles. The Hall–Kier alpha value is -1.18. The average Bonchev–Trinajstić information content (AvgIpc) is 3.95. The lowest BCUT2D eigenvalue weighted by Crippen LogP contribution is -2.30. The Morgan fingerprint density at radius 2 is 1.13 bits per heavy atom. The SMILES string of the molecule is CCCCCC1OC1C/C=C\CCCCCCCC(=O)O[C@H](COC(=O)CCCCCCCCCCCCCCCCC(C)C)COP(=O)(O)OC[C@@H](O)COP(=O)(O)O. The van der Waals surface area contributed by atoms with E-state index in [0.29, 0.717) is 25.0 Å². The van der Waals surface area contributed by atoms with Crippen LogP contribution in [0.2, 0.25) is 0 Å². The number of carbonyl (C=O) groups is 2. The smallest absolute Gasteiger partial charge is 0.462 e. The number of phosphoric ester groups is 2. The Morgan fingerprint density at radius 1 is 0.617 bits per heavy atom. The molecule has 0 bridgehead atoms. The Bertz CT molecular complexity index is 1200. The molecule has 0 aromatic rings. The van der Waals surface area contributed by atoms with E-state index in [0.717, 1.165) is 70.1 Å². The number of esters is 2. The monoisotopic (exact) mass is 899 g/mol. The van der Waals surface area contributed by atoms with Crippen LogP contribution in [0.3, 0.4) is 0 Å². The number of ether oxygens (including phenoxy) is 3. The van der Waals surface area contributed by atoms with Crippen molar-refractivity contribution >= 4 is 27.6 Å². The lowest BCUT2D eigenvalue weighted by Gasteiger charge is -2.20. The second-order valence-electron chi connectivity index (χ2n) is 16.9. The number of hydrogen-bond donors (Lipinski definition) is 4. The maximum atomic E-state index is 12.7. The molecule has 0 aromatic carbocycles. The molecule has 0 aromatic heterocycles. The molecule has 0 spiro atoms. The van der Waals surface area contributed by atoms with Gasteiger partial charge in [-0.1, -0.05) is 161 Å². The topological polar surface area (TPSA) is 208 Å². The number of unbranched alkanes of at least 4 members (excludes halogenated alkanes) is 20. The minimum atomic E-state index is -4.86. The largest absolute Gasteiger partial charge is 0.472 e. The molecule has 3 unspecified atom stereocenters. The third kappa shape index (κ3) is 37.4. The normalized spacial score (nSPS) is 17.5. The van der Waals surface area contributed by atoms with Crippen molar-refractivity contribution in [3.63, 3.8) is 0 Å². The minimum absolute atomic E-state index is 0.114. The van der Waals surface area contributed by atoms with E-state index in [1.54, 1.807) is 0 Å². The first-order valence-corrected chi connectivity index (χ1v) is 26.4. The third-order valence-electron chi connectivity index (χ3n) is 10.5. The van der Waals surface area contributed by atoms with Gasteiger partial charge in [-0.2, -0.15) is 0 Å². The molecule has 16 heteroatoms. The van der Waals surface area contributed by atoms with Crippen LogP contribution >= 0.6 is 15.6 Å². The molecule has 0 radical (unpaired) electrons. The van der Waals surface area contributed by atoms with Gasteiger partial charge in [0.25, 0.3) is 0 Å². The molecular formula is C44H84O14P2. The number of carbonyl (C=O) groups excluding carboxylic acids is 2. The molecular weight excluding hydrogens is 814 g/mol. The van der Waals surface area contributed by atoms with Crippen LogP contribution in [0.25, 0.3) is 0 Å². The number of allylic oxidation sites excluding steroid dienone is 1. The fraction of sp³-hybridized carbons (Fsp3) is 0.909. The molecule has 4 N–H and O–H groups in total. The van der Waals surface area contributed by atoms with Crippen LogP contribution in [0, 0.1) is 5.92 Å². The predicted molar refractivity (Wildman–Crippen MR) is 234 cm³/mol. The molecule has 5 atom stereocenters. The van der Waals surface area contributed by atoms with Gasteiger partial charge in [0.1, 0.15) is 12.7 Å². The lowest BCUT2D eigenvalue weighted by atomic mass is 10.0. The molecule has 0 amide bonds. The molecule has 1 heterocycles. The number of phosphoric acid groups is 2. The minimum Gasteiger partial charge on any atom is -0.462 e. The quantitative estimate of drug-likeness (QED) is 0.0148. The van der Waals surface area contributed by atoms with Crippen LogP contribution < -0.4 is 0 Å². The number of hydrogen-bond acceptors (Lipinski definition) is 11. The van der Waals surface area contributed by atoms with Gasteiger partial charge in [-0.3, -0.25) is 23.2 Å². The Labute approximate surface area is 362 Å². The first kappa shape index (κ1) is 56.8. The third-order valence-corrected chi connectivity index (χ3v) is 11.9. The van der Waals surface area contributed by atoms with Crippen molar-refractivity contribution in [3.05, 3.63) is 12.2 Å². The second-order valence-corrected chi connectivity index (χ2v) is 19.6. The zero-order chi connectivity index (χ0) is 44.3. The number of rotatable bonds is 43. The Balaban J connectivity index is 2.32. The summed E-state index contributed by atoms with van der Waals surface area (Å²) in [5.41, 5.74) is 0. The molecule has 60 heavy (non-hydrogen) atoms. The maximum Gasteiger partial charge on any atom is 0.472 e. The Kier molecular flexibility index (Phi) is 34.3. The second kappa shape index (κ2) is 36.2. The molecule has 1 aliphatic rings. The van der Waals surface area contributed by atoms with E-state index in [4.69, 9.17) is 33.0 Å². The van der Waals surface area contributed by atoms with Crippen LogP contribution in [0.15, 0.2) is 12.2 Å². The highest BCUT2D eigenvalue weighted by atomic mass is 31.2. The highest BCUT2D eigenvalue weighted by molar-refractivity contribution is 7.47. The van der Waals surface area contributed by atoms with E-state index in [-0.39, 0.29) is 19.4 Å². The first-order valence-electron chi connectivity index (χ1n) is 23.4. The highest BCUT2D eigenvalue weighted by Crippen LogP contribution is 2.44. The summed E-state index contributed by atoms with van der Waals surface area (Å²) >= 11 is 0. The molecule has 14 nitrogen and oxygen atoms in total. The van der Waals surface area contributed by atoms with Crippen molar-refractivity contribution in [2.45, 2.75) is 225 Å². The molecule has 354 valence electrons. The van der Waals surface area contributed by atoms with E-state index in [9.17, 15) is 28.7 Å². The van der Waals surface area contributed by atoms with Crippen LogP contribution in [0.4, 0.5) is 0 Å². The van der Waals surface area contributed by atoms with Crippen LogP contribution in [0.5, 0.6) is 0 Å². The van der Waals surface area contributed by atoms with Gasteiger partial charge in [0.05, 0.1) is 32.0 Å². The zero-order valence-electron chi connectivity index (χ0n) is 37.4. The number of aliphatic hydroxyl groups is 1. The van der Waals surface area contributed by atoms with Gasteiger partial charge in [0.2, 0.25) is 0 Å². The standard InChI is InChI=1S/C44H84O14P2/c1-4-5-24-30-41-42(58-41)31-26-21-17-14-15-19-23-28-33-44(47)57-40(37-56-60(51,52)55-35-39(45)34-54-59(48,49)50)36-53-43(46)32-27-22-18-13-11-9-7-6-8-10-12-16-20-25-29-38(2)3/h21,26,38-42,45H,4-20,22-25,27-37H2,1-3H3,(H,51,52)(H2,48,49,50)/b26-21-/t39-,40+,41?,42?/m0/s1. The first-order chi connectivity index (χ1) is 28.7. The fourth-order valence-corrected chi connectivity index (χ4v) is 7.99. The van der Waals surface area contributed by atoms with Gasteiger partial charge in [0, 0.05) is 12.8 Å². The maximum absolute atomic E-state index is 12.7. The summed E-state index contributed by atoms with van der Waals surface area (Å²) in [6, 6.07) is 0. The van der Waals surface area contributed by atoms with Crippen molar-refractivity contribution < 1.29 is 66.3 Å². The summed E-state index contributed by atoms with van der Waals surface area (Å²) < 4.78 is 53.6. The molecule has 0 aliphatic carbocycles.